The molecule has 1 aromatic carbocycles. The van der Waals surface area contributed by atoms with Gasteiger partial charge in [0.05, 0.1) is 15.1 Å². The molecule has 6 nitrogen and oxygen atoms in total. The van der Waals surface area contributed by atoms with Crippen LogP contribution in [0.15, 0.2) is 35.2 Å². The van der Waals surface area contributed by atoms with Crippen LogP contribution in [-0.4, -0.2) is 34.3 Å². The van der Waals surface area contributed by atoms with Crippen molar-refractivity contribution in [3.05, 3.63) is 40.8 Å². The summed E-state index contributed by atoms with van der Waals surface area (Å²) in [7, 11) is 0. The standard InChI is InChI=1S/C17H14BrN3O3S/c18-15-6-5-14(25-15)17(24)20-11-7-16(23)21(9-11)12-3-1-10(2-4-12)13(22)8-19/h1-5,11,15H,6-7,9H2,(H,20,24)/t11-,15?/m1/s1. The summed E-state index contributed by atoms with van der Waals surface area (Å²) >= 11 is 4.93. The van der Waals surface area contributed by atoms with Crippen LogP contribution in [0.2, 0.25) is 0 Å². The molecule has 128 valence electrons. The fourth-order valence-electron chi connectivity index (χ4n) is 2.75. The normalized spacial score (nSPS) is 22.5. The van der Waals surface area contributed by atoms with Gasteiger partial charge in [0.2, 0.25) is 5.91 Å². The molecule has 3 rings (SSSR count). The number of carbonyl (C=O) groups is 3. The molecule has 0 bridgehead atoms. The minimum atomic E-state index is -0.614. The molecule has 2 heterocycles. The van der Waals surface area contributed by atoms with Crippen molar-refractivity contribution in [2.75, 3.05) is 11.4 Å². The number of alkyl halides is 1. The lowest BCUT2D eigenvalue weighted by molar-refractivity contribution is -0.118. The third-order valence-corrected chi connectivity index (χ3v) is 5.96. The Morgan fingerprint density at radius 1 is 1.32 bits per heavy atom. The monoisotopic (exact) mass is 419 g/mol. The number of benzene rings is 1. The van der Waals surface area contributed by atoms with Crippen molar-refractivity contribution in [3.63, 3.8) is 0 Å². The number of rotatable bonds is 4. The molecule has 2 aliphatic rings. The van der Waals surface area contributed by atoms with E-state index in [1.54, 1.807) is 23.1 Å². The van der Waals surface area contributed by atoms with Crippen molar-refractivity contribution in [1.82, 2.24) is 5.32 Å². The van der Waals surface area contributed by atoms with Gasteiger partial charge in [-0.3, -0.25) is 14.4 Å². The van der Waals surface area contributed by atoms with Crippen LogP contribution in [0.25, 0.3) is 0 Å². The number of nitrogens with zero attached hydrogens (tertiary/aromatic N) is 2. The zero-order valence-corrected chi connectivity index (χ0v) is 15.5. The number of allylic oxidation sites excluding steroid dienone is 1. The second-order valence-corrected chi connectivity index (χ2v) is 8.65. The third-order valence-electron chi connectivity index (χ3n) is 3.97. The Morgan fingerprint density at radius 2 is 2.04 bits per heavy atom. The third kappa shape index (κ3) is 3.94. The van der Waals surface area contributed by atoms with Gasteiger partial charge in [-0.15, -0.1) is 11.8 Å². The summed E-state index contributed by atoms with van der Waals surface area (Å²) in [5.41, 5.74) is 0.934. The summed E-state index contributed by atoms with van der Waals surface area (Å²) < 4.78 is 0.226. The zero-order chi connectivity index (χ0) is 18.0. The van der Waals surface area contributed by atoms with Crippen LogP contribution in [0.5, 0.6) is 0 Å². The topological polar surface area (TPSA) is 90.3 Å². The first-order valence-corrected chi connectivity index (χ1v) is 9.44. The average molecular weight is 420 g/mol. The molecule has 25 heavy (non-hydrogen) atoms. The Hall–Kier alpha value is -2.11. The summed E-state index contributed by atoms with van der Waals surface area (Å²) in [5.74, 6) is -0.852. The van der Waals surface area contributed by atoms with E-state index in [4.69, 9.17) is 5.26 Å². The van der Waals surface area contributed by atoms with E-state index in [2.05, 4.69) is 21.2 Å². The molecule has 1 fully saturated rings. The number of amides is 2. The first kappa shape index (κ1) is 17.7. The molecule has 0 spiro atoms. The second-order valence-electron chi connectivity index (χ2n) is 5.70. The van der Waals surface area contributed by atoms with E-state index in [1.165, 1.54) is 23.9 Å². The van der Waals surface area contributed by atoms with Crippen LogP contribution in [0.4, 0.5) is 5.69 Å². The Kier molecular flexibility index (Phi) is 5.25. The van der Waals surface area contributed by atoms with Gasteiger partial charge in [0.25, 0.3) is 11.7 Å². The molecule has 2 amide bonds. The fraction of sp³-hybridized carbons (Fsp3) is 0.294. The smallest absolute Gasteiger partial charge is 0.262 e. The van der Waals surface area contributed by atoms with Gasteiger partial charge in [-0.1, -0.05) is 22.0 Å². The second kappa shape index (κ2) is 7.42. The lowest BCUT2D eigenvalue weighted by atomic mass is 10.1. The minimum Gasteiger partial charge on any atom is -0.347 e. The van der Waals surface area contributed by atoms with Crippen molar-refractivity contribution in [2.45, 2.75) is 23.0 Å². The Bertz CT molecular complexity index is 800. The van der Waals surface area contributed by atoms with Gasteiger partial charge in [0.15, 0.2) is 0 Å². The highest BCUT2D eigenvalue weighted by atomic mass is 79.9. The van der Waals surface area contributed by atoms with Gasteiger partial charge >= 0.3 is 0 Å². The maximum atomic E-state index is 12.2. The number of hydrogen-bond acceptors (Lipinski definition) is 5. The molecule has 1 aromatic rings. The Balaban J connectivity index is 1.63. The molecule has 0 aliphatic carbocycles. The summed E-state index contributed by atoms with van der Waals surface area (Å²) in [6, 6.07) is 7.63. The molecule has 0 aromatic heterocycles. The molecule has 8 heteroatoms. The SMILES string of the molecule is N#CC(=O)c1ccc(N2C[C@H](NC(=O)C3=CCC(Br)S3)CC2=O)cc1. The van der Waals surface area contributed by atoms with Crippen molar-refractivity contribution in [1.29, 1.82) is 5.26 Å². The lowest BCUT2D eigenvalue weighted by Gasteiger charge is -2.17. The predicted octanol–water partition coefficient (Wildman–Crippen LogP) is 2.36. The molecular weight excluding hydrogens is 406 g/mol. The highest BCUT2D eigenvalue weighted by Crippen LogP contribution is 2.36. The van der Waals surface area contributed by atoms with E-state index in [9.17, 15) is 14.4 Å². The number of thioether (sulfide) groups is 1. The number of carbonyl (C=O) groups excluding carboxylic acids is 3. The summed E-state index contributed by atoms with van der Waals surface area (Å²) in [6.45, 7) is 0.381. The number of nitriles is 1. The number of hydrogen-bond donors (Lipinski definition) is 1. The minimum absolute atomic E-state index is 0.0870. The van der Waals surface area contributed by atoms with Crippen LogP contribution < -0.4 is 10.2 Å². The van der Waals surface area contributed by atoms with Gasteiger partial charge in [0.1, 0.15) is 6.07 Å². The molecule has 1 saturated heterocycles. The number of anilines is 1. The first-order valence-electron chi connectivity index (χ1n) is 7.64. The highest BCUT2D eigenvalue weighted by Gasteiger charge is 2.33. The van der Waals surface area contributed by atoms with Gasteiger partial charge in [0, 0.05) is 24.2 Å². The van der Waals surface area contributed by atoms with Crippen LogP contribution in [0.1, 0.15) is 23.2 Å². The lowest BCUT2D eigenvalue weighted by Crippen LogP contribution is -2.37. The van der Waals surface area contributed by atoms with Crippen LogP contribution in [0, 0.1) is 11.3 Å². The van der Waals surface area contributed by atoms with E-state index in [1.807, 2.05) is 6.08 Å². The molecule has 1 unspecified atom stereocenters. The van der Waals surface area contributed by atoms with Crippen molar-refractivity contribution >= 4 is 51.0 Å². The molecule has 0 saturated carbocycles. The maximum Gasteiger partial charge on any atom is 0.262 e. The van der Waals surface area contributed by atoms with Crippen LogP contribution in [0.3, 0.4) is 0 Å². The van der Waals surface area contributed by atoms with E-state index < -0.39 is 5.78 Å². The maximum absolute atomic E-state index is 12.2. The van der Waals surface area contributed by atoms with Gasteiger partial charge in [-0.25, -0.2) is 0 Å². The summed E-state index contributed by atoms with van der Waals surface area (Å²) in [4.78, 5) is 38.1. The van der Waals surface area contributed by atoms with Gasteiger partial charge in [-0.05, 0) is 30.7 Å². The van der Waals surface area contributed by atoms with E-state index >= 15 is 0 Å². The molecule has 2 aliphatic heterocycles. The predicted molar refractivity (Wildman–Crippen MR) is 98.3 cm³/mol. The summed E-state index contributed by atoms with van der Waals surface area (Å²) in [5, 5.41) is 11.5. The van der Waals surface area contributed by atoms with Crippen molar-refractivity contribution in [3.8, 4) is 6.07 Å². The fourth-order valence-corrected chi connectivity index (χ4v) is 4.36. The van der Waals surface area contributed by atoms with E-state index in [0.717, 1.165) is 6.42 Å². The zero-order valence-electron chi connectivity index (χ0n) is 13.1. The molecule has 1 N–H and O–H groups in total. The summed E-state index contributed by atoms with van der Waals surface area (Å²) in [6.07, 6.45) is 2.93. The molecule has 2 atom stereocenters. The van der Waals surface area contributed by atoms with Crippen molar-refractivity contribution < 1.29 is 14.4 Å². The number of nitrogens with one attached hydrogen (secondary N) is 1. The van der Waals surface area contributed by atoms with E-state index in [0.29, 0.717) is 17.1 Å². The first-order chi connectivity index (χ1) is 12.0. The van der Waals surface area contributed by atoms with Gasteiger partial charge in [-0.2, -0.15) is 5.26 Å². The number of ketones is 1. The van der Waals surface area contributed by atoms with Crippen molar-refractivity contribution in [2.24, 2.45) is 0 Å². The number of halogens is 1. The number of Topliss-reactive ketones (excluding diaryl/α,β-unsaturated/α-hetero) is 1. The van der Waals surface area contributed by atoms with Gasteiger partial charge < -0.3 is 10.2 Å². The van der Waals surface area contributed by atoms with Crippen LogP contribution in [-0.2, 0) is 9.59 Å². The quantitative estimate of drug-likeness (QED) is 0.459. The Morgan fingerprint density at radius 3 is 2.64 bits per heavy atom. The average Bonchev–Trinajstić information content (AvgIpc) is 3.20. The largest absolute Gasteiger partial charge is 0.347 e. The molecular formula is C17H14BrN3O3S. The molecule has 0 radical (unpaired) electrons. The highest BCUT2D eigenvalue weighted by molar-refractivity contribution is 9.11. The van der Waals surface area contributed by atoms with Crippen LogP contribution >= 0.6 is 27.7 Å². The van der Waals surface area contributed by atoms with E-state index in [-0.39, 0.29) is 34.0 Å². The Labute approximate surface area is 157 Å².